The van der Waals surface area contributed by atoms with Crippen molar-refractivity contribution in [2.24, 2.45) is 11.1 Å². The fourth-order valence-corrected chi connectivity index (χ4v) is 5.10. The van der Waals surface area contributed by atoms with Gasteiger partial charge >= 0.3 is 0 Å². The molecule has 5 rings (SSSR count). The fourth-order valence-electron chi connectivity index (χ4n) is 5.10. The van der Waals surface area contributed by atoms with E-state index in [9.17, 15) is 4.79 Å². The summed E-state index contributed by atoms with van der Waals surface area (Å²) in [7, 11) is 2.03. The molecule has 5 heteroatoms. The molecule has 1 aromatic carbocycles. The van der Waals surface area contributed by atoms with E-state index in [4.69, 9.17) is 5.73 Å². The first-order valence-electron chi connectivity index (χ1n) is 9.48. The van der Waals surface area contributed by atoms with Crippen molar-refractivity contribution < 1.29 is 4.79 Å². The molecule has 5 nitrogen and oxygen atoms in total. The SMILES string of the molecule is CN1C2CCC3(CC3)CC2=C(N)N1C(=O)C1CCNc2ccccc21. The second-order valence-electron chi connectivity index (χ2n) is 8.22. The average molecular weight is 338 g/mol. The number of nitrogens with two attached hydrogens (primary N) is 1. The molecule has 132 valence electrons. The lowest BCUT2D eigenvalue weighted by Gasteiger charge is -2.36. The van der Waals surface area contributed by atoms with Gasteiger partial charge in [-0.05, 0) is 61.1 Å². The highest BCUT2D eigenvalue weighted by molar-refractivity contribution is 5.87. The number of anilines is 1. The number of amides is 1. The Morgan fingerprint density at radius 1 is 1.24 bits per heavy atom. The molecule has 1 aromatic rings. The van der Waals surface area contributed by atoms with Gasteiger partial charge < -0.3 is 11.1 Å². The summed E-state index contributed by atoms with van der Waals surface area (Å²) in [5.74, 6) is 0.717. The molecule has 3 N–H and O–H groups in total. The summed E-state index contributed by atoms with van der Waals surface area (Å²) in [6.45, 7) is 0.827. The first-order chi connectivity index (χ1) is 12.1. The second-order valence-corrected chi connectivity index (χ2v) is 8.22. The number of nitrogens with zero attached hydrogens (tertiary/aromatic N) is 2. The maximum absolute atomic E-state index is 13.4. The Morgan fingerprint density at radius 2 is 2.04 bits per heavy atom. The number of para-hydroxylation sites is 1. The molecule has 0 aromatic heterocycles. The lowest BCUT2D eigenvalue weighted by atomic mass is 9.80. The van der Waals surface area contributed by atoms with E-state index in [-0.39, 0.29) is 11.8 Å². The minimum absolute atomic E-state index is 0.117. The molecule has 4 aliphatic rings. The van der Waals surface area contributed by atoms with Crippen molar-refractivity contribution in [2.75, 3.05) is 18.9 Å². The lowest BCUT2D eigenvalue weighted by Crippen LogP contribution is -2.47. The molecule has 2 unspecified atom stereocenters. The van der Waals surface area contributed by atoms with Crippen LogP contribution in [-0.4, -0.2) is 35.6 Å². The molecule has 0 bridgehead atoms. The van der Waals surface area contributed by atoms with Crippen LogP contribution in [0.3, 0.4) is 0 Å². The number of carbonyl (C=O) groups is 1. The minimum atomic E-state index is -0.117. The molecule has 1 amide bonds. The third-order valence-electron chi connectivity index (χ3n) is 6.79. The Kier molecular flexibility index (Phi) is 3.20. The van der Waals surface area contributed by atoms with Crippen LogP contribution in [0.5, 0.6) is 0 Å². The van der Waals surface area contributed by atoms with Crippen molar-refractivity contribution in [3.05, 3.63) is 41.2 Å². The Balaban J connectivity index is 1.47. The number of likely N-dealkylation sites (N-methyl/N-ethyl adjacent to an activating group) is 1. The third kappa shape index (κ3) is 2.21. The highest BCUT2D eigenvalue weighted by Crippen LogP contribution is 2.59. The summed E-state index contributed by atoms with van der Waals surface area (Å²) in [6, 6.07) is 8.46. The van der Waals surface area contributed by atoms with Gasteiger partial charge in [-0.15, -0.1) is 0 Å². The Morgan fingerprint density at radius 3 is 2.84 bits per heavy atom. The summed E-state index contributed by atoms with van der Waals surface area (Å²) in [5, 5.41) is 7.29. The number of rotatable bonds is 1. The van der Waals surface area contributed by atoms with Crippen LogP contribution < -0.4 is 11.1 Å². The number of hydrogen-bond donors (Lipinski definition) is 2. The average Bonchev–Trinajstić information content (AvgIpc) is 3.34. The monoisotopic (exact) mass is 338 g/mol. The van der Waals surface area contributed by atoms with E-state index in [1.54, 1.807) is 5.01 Å². The zero-order valence-corrected chi connectivity index (χ0v) is 14.8. The van der Waals surface area contributed by atoms with E-state index in [1.165, 1.54) is 24.8 Å². The molecule has 0 saturated heterocycles. The van der Waals surface area contributed by atoms with E-state index in [2.05, 4.69) is 22.5 Å². The number of carbonyl (C=O) groups excluding carboxylic acids is 1. The number of hydrazine groups is 1. The van der Waals surface area contributed by atoms with Gasteiger partial charge in [-0.2, -0.15) is 0 Å². The van der Waals surface area contributed by atoms with Gasteiger partial charge in [-0.3, -0.25) is 4.79 Å². The first-order valence-corrected chi connectivity index (χ1v) is 9.48. The molecule has 2 fully saturated rings. The summed E-state index contributed by atoms with van der Waals surface area (Å²) in [6.07, 6.45) is 6.96. The van der Waals surface area contributed by atoms with Crippen molar-refractivity contribution in [3.8, 4) is 0 Å². The maximum atomic E-state index is 13.4. The second kappa shape index (κ2) is 5.24. The van der Waals surface area contributed by atoms with Crippen molar-refractivity contribution in [1.82, 2.24) is 10.0 Å². The summed E-state index contributed by atoms with van der Waals surface area (Å²) in [4.78, 5) is 13.4. The van der Waals surface area contributed by atoms with E-state index in [1.807, 2.05) is 19.2 Å². The van der Waals surface area contributed by atoms with Gasteiger partial charge in [0.05, 0.1) is 12.0 Å². The maximum Gasteiger partial charge on any atom is 0.250 e. The summed E-state index contributed by atoms with van der Waals surface area (Å²) < 4.78 is 0. The minimum Gasteiger partial charge on any atom is -0.385 e. The van der Waals surface area contributed by atoms with Crippen molar-refractivity contribution in [3.63, 3.8) is 0 Å². The third-order valence-corrected chi connectivity index (χ3v) is 6.79. The molecule has 2 saturated carbocycles. The smallest absolute Gasteiger partial charge is 0.250 e. The zero-order valence-electron chi connectivity index (χ0n) is 14.8. The van der Waals surface area contributed by atoms with Crippen molar-refractivity contribution >= 4 is 11.6 Å². The van der Waals surface area contributed by atoms with Gasteiger partial charge in [-0.1, -0.05) is 18.2 Å². The molecule has 25 heavy (non-hydrogen) atoms. The zero-order chi connectivity index (χ0) is 17.2. The highest BCUT2D eigenvalue weighted by Gasteiger charge is 2.52. The summed E-state index contributed by atoms with van der Waals surface area (Å²) >= 11 is 0. The van der Waals surface area contributed by atoms with Crippen LogP contribution in [-0.2, 0) is 4.79 Å². The number of nitrogens with one attached hydrogen (secondary N) is 1. The van der Waals surface area contributed by atoms with Crippen LogP contribution in [0.2, 0.25) is 0 Å². The number of hydrogen-bond acceptors (Lipinski definition) is 4. The Bertz CT molecular complexity index is 767. The van der Waals surface area contributed by atoms with Gasteiger partial charge in [0.2, 0.25) is 0 Å². The summed E-state index contributed by atoms with van der Waals surface area (Å²) in [5.41, 5.74) is 10.5. The van der Waals surface area contributed by atoms with Gasteiger partial charge in [-0.25, -0.2) is 10.0 Å². The molecular formula is C20H26N4O. The van der Waals surface area contributed by atoms with Crippen molar-refractivity contribution in [2.45, 2.75) is 50.5 Å². The topological polar surface area (TPSA) is 61.6 Å². The predicted octanol–water partition coefficient (Wildman–Crippen LogP) is 2.78. The largest absolute Gasteiger partial charge is 0.385 e. The number of fused-ring (bicyclic) bond motifs is 2. The normalized spacial score (nSPS) is 30.0. The van der Waals surface area contributed by atoms with Crippen LogP contribution in [0.4, 0.5) is 5.69 Å². The van der Waals surface area contributed by atoms with E-state index in [0.29, 0.717) is 17.3 Å². The number of benzene rings is 1. The fraction of sp³-hybridized carbons (Fsp3) is 0.550. The predicted molar refractivity (Wildman–Crippen MR) is 97.4 cm³/mol. The molecule has 2 atom stereocenters. The van der Waals surface area contributed by atoms with Crippen LogP contribution in [0.25, 0.3) is 0 Å². The lowest BCUT2D eigenvalue weighted by molar-refractivity contribution is -0.144. The first kappa shape index (κ1) is 15.3. The molecule has 2 aliphatic carbocycles. The Labute approximate surface area is 148 Å². The van der Waals surface area contributed by atoms with E-state index in [0.717, 1.165) is 37.1 Å². The molecule has 1 spiro atoms. The molecular weight excluding hydrogens is 312 g/mol. The standard InChI is InChI=1S/C20H26N4O/c1-23-17-6-8-20(9-10-20)12-15(17)18(21)24(23)19(25)14-7-11-22-16-5-3-2-4-13(14)16/h2-5,14,17,22H,6-12,21H2,1H3. The van der Waals surface area contributed by atoms with Crippen LogP contribution in [0, 0.1) is 5.41 Å². The van der Waals surface area contributed by atoms with E-state index < -0.39 is 0 Å². The van der Waals surface area contributed by atoms with Gasteiger partial charge in [0.25, 0.3) is 5.91 Å². The van der Waals surface area contributed by atoms with Gasteiger partial charge in [0.1, 0.15) is 5.82 Å². The van der Waals surface area contributed by atoms with Crippen LogP contribution >= 0.6 is 0 Å². The van der Waals surface area contributed by atoms with Crippen molar-refractivity contribution in [1.29, 1.82) is 0 Å². The van der Waals surface area contributed by atoms with Crippen LogP contribution in [0.1, 0.15) is 50.0 Å². The van der Waals surface area contributed by atoms with E-state index >= 15 is 0 Å². The van der Waals surface area contributed by atoms with Crippen LogP contribution in [0.15, 0.2) is 35.7 Å². The quantitative estimate of drug-likeness (QED) is 0.826. The molecule has 2 aliphatic heterocycles. The molecule has 0 radical (unpaired) electrons. The van der Waals surface area contributed by atoms with Gasteiger partial charge in [0.15, 0.2) is 0 Å². The molecule has 2 heterocycles. The van der Waals surface area contributed by atoms with Gasteiger partial charge in [0, 0.05) is 19.3 Å². The Hall–Kier alpha value is -2.01. The highest BCUT2D eigenvalue weighted by atomic mass is 16.2.